The molecule has 0 spiro atoms. The fraction of sp³-hybridized carbons (Fsp3) is 0.297. The van der Waals surface area contributed by atoms with E-state index in [2.05, 4.69) is 60.1 Å². The lowest BCUT2D eigenvalue weighted by atomic mass is 9.91. The smallest absolute Gasteiger partial charge is 0.412 e. The van der Waals surface area contributed by atoms with Gasteiger partial charge in [-0.05, 0) is 164 Å². The van der Waals surface area contributed by atoms with Crippen LogP contribution in [0.4, 0.5) is 41.9 Å². The summed E-state index contributed by atoms with van der Waals surface area (Å²) < 4.78 is 11.2. The number of carbonyl (C=O) groups excluding carboxylic acids is 4. The van der Waals surface area contributed by atoms with Crippen LogP contribution in [0.1, 0.15) is 65.2 Å². The van der Waals surface area contributed by atoms with Gasteiger partial charge in [0.1, 0.15) is 11.7 Å². The number of anilines is 4. The van der Waals surface area contributed by atoms with E-state index in [1.165, 1.54) is 0 Å². The molecule has 0 saturated carbocycles. The second kappa shape index (κ2) is 33.9. The van der Waals surface area contributed by atoms with Gasteiger partial charge in [0.15, 0.2) is 0 Å². The van der Waals surface area contributed by atoms with Crippen LogP contribution in [0.25, 0.3) is 44.5 Å². The molecule has 16 heteroatoms. The van der Waals surface area contributed by atoms with Crippen molar-refractivity contribution in [2.24, 2.45) is 0 Å². The van der Waals surface area contributed by atoms with Gasteiger partial charge in [-0.1, -0.05) is 194 Å². The van der Waals surface area contributed by atoms with Gasteiger partial charge in [0, 0.05) is 33.8 Å². The number of para-hydroxylation sites is 4. The van der Waals surface area contributed by atoms with E-state index in [9.17, 15) is 19.2 Å². The molecule has 0 atom stereocenters. The van der Waals surface area contributed by atoms with Crippen molar-refractivity contribution < 1.29 is 28.7 Å². The molecule has 12 rings (SSSR count). The number of urea groups is 2. The number of carbonyl (C=O) groups is 4. The molecule has 0 radical (unpaired) electrons. The predicted molar refractivity (Wildman–Crippen MR) is 365 cm³/mol. The minimum Gasteiger partial charge on any atom is -0.446 e. The summed E-state index contributed by atoms with van der Waals surface area (Å²) in [4.78, 5) is 49.1. The second-order valence-electron chi connectivity index (χ2n) is 23.4. The summed E-state index contributed by atoms with van der Waals surface area (Å²) in [6, 6.07) is 71.5. The first-order chi connectivity index (χ1) is 44.0. The minimum atomic E-state index is -0.392. The molecule has 0 unspecified atom stereocenters. The Morgan fingerprint density at radius 1 is 0.367 bits per heavy atom. The monoisotopic (exact) mass is 1210 g/mol. The standard InChI is InChI=1S/C19H23N3O.C19H22N2O2.C18H21N3O.C18H20N2O2/c1-19(11-13-20-14-12-19)22-18(23)21-17-10-6-5-9-16(17)15-7-3-2-4-8-15;1-19(11-13-20-14-12-19)23-18(22)21-17-10-6-5-9-16(17)15-7-3-2-4-8-15;22-18(20-15-10-12-19-13-11-15)21-17-9-5-4-8-16(17)14-6-2-1-3-7-14;21-18(22-15-10-12-19-13-11-15)20-17-9-5-4-8-16(17)14-6-2-1-3-7-14/h2-10,20H,11-14H2,1H3,(H2,21,22,23);2-10,20H,11-14H2,1H3,(H,21,22);1-9,15,19H,10-13H2,(H2,20,21,22);1-9,15,19H,10-13H2,(H,20,21). The van der Waals surface area contributed by atoms with Gasteiger partial charge in [0.25, 0.3) is 0 Å². The van der Waals surface area contributed by atoms with Crippen molar-refractivity contribution in [3.05, 3.63) is 218 Å². The van der Waals surface area contributed by atoms with Gasteiger partial charge in [-0.15, -0.1) is 0 Å². The van der Waals surface area contributed by atoms with Crippen molar-refractivity contribution in [1.29, 1.82) is 0 Å². The number of piperidine rings is 4. The molecule has 6 amide bonds. The maximum Gasteiger partial charge on any atom is 0.412 e. The zero-order chi connectivity index (χ0) is 62.6. The average molecular weight is 1210 g/mol. The number of rotatable bonds is 12. The summed E-state index contributed by atoms with van der Waals surface area (Å²) in [6.45, 7) is 11.5. The molecule has 468 valence electrons. The summed E-state index contributed by atoms with van der Waals surface area (Å²) in [5.74, 6) is 0. The van der Waals surface area contributed by atoms with E-state index in [1.807, 2.05) is 225 Å². The molecule has 0 aromatic heterocycles. The van der Waals surface area contributed by atoms with Crippen LogP contribution in [0.5, 0.6) is 0 Å². The summed E-state index contributed by atoms with van der Waals surface area (Å²) in [7, 11) is 0. The number of hydrogen-bond donors (Lipinski definition) is 10. The summed E-state index contributed by atoms with van der Waals surface area (Å²) in [5, 5.41) is 31.1. The summed E-state index contributed by atoms with van der Waals surface area (Å²) in [5.41, 5.74) is 11.0. The van der Waals surface area contributed by atoms with Crippen LogP contribution in [0.15, 0.2) is 218 Å². The Bertz CT molecular complexity index is 3270. The van der Waals surface area contributed by atoms with E-state index in [1.54, 1.807) is 0 Å². The minimum absolute atomic E-state index is 0.00476. The highest BCUT2D eigenvalue weighted by Crippen LogP contribution is 2.32. The van der Waals surface area contributed by atoms with Gasteiger partial charge in [0.2, 0.25) is 0 Å². The molecule has 16 nitrogen and oxygen atoms in total. The quantitative estimate of drug-likeness (QED) is 0.0560. The van der Waals surface area contributed by atoms with Gasteiger partial charge in [-0.25, -0.2) is 19.2 Å². The van der Waals surface area contributed by atoms with Crippen LogP contribution < -0.4 is 53.2 Å². The van der Waals surface area contributed by atoms with Gasteiger partial charge in [-0.2, -0.15) is 0 Å². The number of benzene rings is 8. The molecular weight excluding hydrogens is 1120 g/mol. The first-order valence-electron chi connectivity index (χ1n) is 31.5. The fourth-order valence-corrected chi connectivity index (χ4v) is 11.3. The maximum absolute atomic E-state index is 12.4. The molecule has 0 bridgehead atoms. The topological polar surface area (TPSA) is 207 Å². The number of ether oxygens (including phenoxy) is 2. The first-order valence-corrected chi connectivity index (χ1v) is 31.5. The van der Waals surface area contributed by atoms with Crippen molar-refractivity contribution in [2.75, 3.05) is 73.6 Å². The third-order valence-corrected chi connectivity index (χ3v) is 16.4. The lowest BCUT2D eigenvalue weighted by molar-refractivity contribution is 0.0109. The van der Waals surface area contributed by atoms with E-state index in [0.29, 0.717) is 0 Å². The van der Waals surface area contributed by atoms with E-state index >= 15 is 0 Å². The van der Waals surface area contributed by atoms with Crippen LogP contribution in [-0.4, -0.2) is 99.9 Å². The number of hydrogen-bond acceptors (Lipinski definition) is 10. The third-order valence-electron chi connectivity index (χ3n) is 16.4. The Labute approximate surface area is 530 Å². The molecule has 4 heterocycles. The normalized spacial score (nSPS) is 15.9. The summed E-state index contributed by atoms with van der Waals surface area (Å²) >= 11 is 0. The lowest BCUT2D eigenvalue weighted by Gasteiger charge is -2.35. The molecule has 8 aromatic carbocycles. The molecule has 4 fully saturated rings. The number of amides is 6. The maximum atomic E-state index is 12.4. The lowest BCUT2D eigenvalue weighted by Crippen LogP contribution is -2.53. The average Bonchev–Trinajstić information content (AvgIpc) is 2.53. The highest BCUT2D eigenvalue weighted by molar-refractivity contribution is 5.96. The highest BCUT2D eigenvalue weighted by Gasteiger charge is 2.31. The predicted octanol–water partition coefficient (Wildman–Crippen LogP) is 14.5. The second-order valence-corrected chi connectivity index (χ2v) is 23.4. The number of nitrogens with one attached hydrogen (secondary N) is 10. The van der Waals surface area contributed by atoms with Crippen LogP contribution in [0.3, 0.4) is 0 Å². The van der Waals surface area contributed by atoms with Gasteiger partial charge in [0.05, 0.1) is 22.7 Å². The van der Waals surface area contributed by atoms with Crippen LogP contribution in [-0.2, 0) is 9.47 Å². The van der Waals surface area contributed by atoms with Crippen molar-refractivity contribution in [3.63, 3.8) is 0 Å². The molecule has 0 aliphatic carbocycles. The van der Waals surface area contributed by atoms with E-state index < -0.39 is 11.7 Å². The zero-order valence-corrected chi connectivity index (χ0v) is 51.7. The van der Waals surface area contributed by atoms with E-state index in [4.69, 9.17) is 9.47 Å². The van der Waals surface area contributed by atoms with Gasteiger partial charge in [-0.3, -0.25) is 10.6 Å². The van der Waals surface area contributed by atoms with Crippen molar-refractivity contribution in [3.8, 4) is 44.5 Å². The van der Waals surface area contributed by atoms with Crippen LogP contribution in [0.2, 0.25) is 0 Å². The molecule has 8 aromatic rings. The first kappa shape index (κ1) is 65.1. The third kappa shape index (κ3) is 20.4. The highest BCUT2D eigenvalue weighted by atomic mass is 16.6. The van der Waals surface area contributed by atoms with E-state index in [-0.39, 0.29) is 35.8 Å². The molecular formula is C74H86N10O6. The Morgan fingerprint density at radius 2 is 0.689 bits per heavy atom. The van der Waals surface area contributed by atoms with Crippen molar-refractivity contribution in [2.45, 2.75) is 88.5 Å². The van der Waals surface area contributed by atoms with Crippen LogP contribution in [0, 0.1) is 0 Å². The van der Waals surface area contributed by atoms with Crippen molar-refractivity contribution >= 4 is 47.0 Å². The largest absolute Gasteiger partial charge is 0.446 e. The summed E-state index contributed by atoms with van der Waals surface area (Å²) in [6.07, 6.45) is 6.49. The molecule has 4 aliphatic rings. The SMILES string of the molecule is CC1(NC(=O)Nc2ccccc2-c2ccccc2)CCNCC1.CC1(OC(=O)Nc2ccccc2-c2ccccc2)CCNCC1.O=C(Nc1ccccc1-c1ccccc1)NC1CCNCC1.O=C(Nc1ccccc1-c1ccccc1)OC1CCNCC1. The van der Waals surface area contributed by atoms with Crippen LogP contribution >= 0.6 is 0 Å². The molecule has 90 heavy (non-hydrogen) atoms. The Balaban J connectivity index is 0.000000142. The molecule has 4 saturated heterocycles. The Hall–Kier alpha value is -9.32. The van der Waals surface area contributed by atoms with Crippen molar-refractivity contribution in [1.82, 2.24) is 31.9 Å². The molecule has 10 N–H and O–H groups in total. The zero-order valence-electron chi connectivity index (χ0n) is 51.7. The Morgan fingerprint density at radius 3 is 1.10 bits per heavy atom. The van der Waals surface area contributed by atoms with Gasteiger partial charge >= 0.3 is 24.2 Å². The van der Waals surface area contributed by atoms with E-state index in [0.717, 1.165) is 171 Å². The Kier molecular flexibility index (Phi) is 24.5. The van der Waals surface area contributed by atoms with Gasteiger partial charge < -0.3 is 52.0 Å². The fourth-order valence-electron chi connectivity index (χ4n) is 11.3. The molecule has 4 aliphatic heterocycles.